The highest BCUT2D eigenvalue weighted by Crippen LogP contribution is 2.17. The van der Waals surface area contributed by atoms with Crippen molar-refractivity contribution in [2.75, 3.05) is 32.8 Å². The van der Waals surface area contributed by atoms with Gasteiger partial charge in [0.2, 0.25) is 11.8 Å². The van der Waals surface area contributed by atoms with Gasteiger partial charge >= 0.3 is 0 Å². The number of nitrogens with zero attached hydrogens (tertiary/aromatic N) is 3. The van der Waals surface area contributed by atoms with Gasteiger partial charge < -0.3 is 14.5 Å². The van der Waals surface area contributed by atoms with Crippen LogP contribution in [0.4, 0.5) is 0 Å². The molecular formula is C20H29N3O3. The molecule has 0 N–H and O–H groups in total. The molecule has 0 aliphatic carbocycles. The van der Waals surface area contributed by atoms with Crippen molar-refractivity contribution >= 4 is 11.8 Å². The molecule has 2 aliphatic rings. The Bertz CT molecular complexity index is 585. The first-order valence-electron chi connectivity index (χ1n) is 9.78. The maximum Gasteiger partial charge on any atom is 0.227 e. The zero-order valence-electron chi connectivity index (χ0n) is 15.4. The third-order valence-electron chi connectivity index (χ3n) is 5.25. The third-order valence-corrected chi connectivity index (χ3v) is 5.25. The van der Waals surface area contributed by atoms with Crippen LogP contribution in [0.2, 0.25) is 0 Å². The Labute approximate surface area is 155 Å². The number of ether oxygens (including phenoxy) is 1. The number of morpholine rings is 1. The minimum absolute atomic E-state index is 0.0479. The standard InChI is InChI=1S/C20H29N3O3/c24-19(22-9-4-2-1-3-5-10-22)14-18-16-26-12-11-23(18)20(25)13-17-7-6-8-21-15-17/h6-8,15,18H,1-5,9-14,16H2/t18-/m0/s1. The van der Waals surface area contributed by atoms with Gasteiger partial charge in [-0.25, -0.2) is 0 Å². The van der Waals surface area contributed by atoms with Gasteiger partial charge in [0.1, 0.15) is 0 Å². The van der Waals surface area contributed by atoms with Crippen molar-refractivity contribution in [3.8, 4) is 0 Å². The van der Waals surface area contributed by atoms with Crippen LogP contribution in [0.15, 0.2) is 24.5 Å². The fourth-order valence-corrected chi connectivity index (χ4v) is 3.76. The molecule has 3 rings (SSSR count). The summed E-state index contributed by atoms with van der Waals surface area (Å²) in [6.45, 7) is 3.22. The minimum Gasteiger partial charge on any atom is -0.377 e. The maximum atomic E-state index is 12.8. The Morgan fingerprint density at radius 2 is 1.85 bits per heavy atom. The molecule has 2 aliphatic heterocycles. The summed E-state index contributed by atoms with van der Waals surface area (Å²) in [6, 6.07) is 3.59. The number of aromatic nitrogens is 1. The zero-order chi connectivity index (χ0) is 18.2. The molecule has 3 heterocycles. The first-order chi connectivity index (χ1) is 12.7. The topological polar surface area (TPSA) is 62.7 Å². The molecule has 1 aromatic rings. The lowest BCUT2D eigenvalue weighted by molar-refractivity contribution is -0.143. The van der Waals surface area contributed by atoms with Crippen molar-refractivity contribution in [2.45, 2.75) is 51.0 Å². The van der Waals surface area contributed by atoms with Crippen molar-refractivity contribution in [2.24, 2.45) is 0 Å². The number of hydrogen-bond donors (Lipinski definition) is 0. The van der Waals surface area contributed by atoms with Crippen LogP contribution in [0.3, 0.4) is 0 Å². The molecule has 2 amide bonds. The molecule has 0 radical (unpaired) electrons. The highest BCUT2D eigenvalue weighted by Gasteiger charge is 2.30. The van der Waals surface area contributed by atoms with E-state index in [1.54, 1.807) is 12.4 Å². The molecule has 0 saturated carbocycles. The van der Waals surface area contributed by atoms with Crippen LogP contribution in [-0.4, -0.2) is 65.5 Å². The van der Waals surface area contributed by atoms with Crippen molar-refractivity contribution in [1.29, 1.82) is 0 Å². The predicted octanol–water partition coefficient (Wildman–Crippen LogP) is 2.03. The second-order valence-electron chi connectivity index (χ2n) is 7.21. The largest absolute Gasteiger partial charge is 0.377 e. The number of carbonyl (C=O) groups is 2. The van der Waals surface area contributed by atoms with Gasteiger partial charge in [0.05, 0.1) is 25.7 Å². The van der Waals surface area contributed by atoms with Crippen molar-refractivity contribution < 1.29 is 14.3 Å². The lowest BCUT2D eigenvalue weighted by atomic mass is 10.1. The zero-order valence-corrected chi connectivity index (χ0v) is 15.4. The number of likely N-dealkylation sites (tertiary alicyclic amines) is 1. The van der Waals surface area contributed by atoms with E-state index in [4.69, 9.17) is 4.74 Å². The van der Waals surface area contributed by atoms with Crippen LogP contribution in [0, 0.1) is 0 Å². The van der Waals surface area contributed by atoms with Gasteiger partial charge in [-0.05, 0) is 24.5 Å². The smallest absolute Gasteiger partial charge is 0.227 e. The number of rotatable bonds is 4. The Kier molecular flexibility index (Phi) is 7.00. The maximum absolute atomic E-state index is 12.8. The molecule has 0 aromatic carbocycles. The van der Waals surface area contributed by atoms with E-state index in [-0.39, 0.29) is 17.9 Å². The van der Waals surface area contributed by atoms with Crippen LogP contribution < -0.4 is 0 Å². The summed E-state index contributed by atoms with van der Waals surface area (Å²) in [7, 11) is 0. The SMILES string of the molecule is O=C(C[C@H]1COCCN1C(=O)Cc1cccnc1)N1CCCCCCC1. The average Bonchev–Trinajstić information content (AvgIpc) is 2.62. The van der Waals surface area contributed by atoms with Crippen LogP contribution >= 0.6 is 0 Å². The molecule has 142 valence electrons. The summed E-state index contributed by atoms with van der Waals surface area (Å²) in [5.74, 6) is 0.202. The molecule has 2 fully saturated rings. The van der Waals surface area contributed by atoms with E-state index in [1.807, 2.05) is 21.9 Å². The van der Waals surface area contributed by atoms with E-state index in [0.717, 1.165) is 31.5 Å². The Hall–Kier alpha value is -1.95. The van der Waals surface area contributed by atoms with Gasteiger partial charge in [-0.2, -0.15) is 0 Å². The molecule has 6 nitrogen and oxygen atoms in total. The van der Waals surface area contributed by atoms with Crippen molar-refractivity contribution in [1.82, 2.24) is 14.8 Å². The number of carbonyl (C=O) groups excluding carboxylic acids is 2. The highest BCUT2D eigenvalue weighted by atomic mass is 16.5. The molecule has 26 heavy (non-hydrogen) atoms. The summed E-state index contributed by atoms with van der Waals surface area (Å²) in [4.78, 5) is 33.4. The first-order valence-corrected chi connectivity index (χ1v) is 9.78. The van der Waals surface area contributed by atoms with Gasteiger partial charge in [-0.15, -0.1) is 0 Å². The lowest BCUT2D eigenvalue weighted by Crippen LogP contribution is -2.51. The van der Waals surface area contributed by atoms with Gasteiger partial charge in [0.25, 0.3) is 0 Å². The van der Waals surface area contributed by atoms with E-state index < -0.39 is 0 Å². The van der Waals surface area contributed by atoms with Gasteiger partial charge in [-0.3, -0.25) is 14.6 Å². The lowest BCUT2D eigenvalue weighted by Gasteiger charge is -2.36. The van der Waals surface area contributed by atoms with Gasteiger partial charge in [0, 0.05) is 38.4 Å². The van der Waals surface area contributed by atoms with Crippen LogP contribution in [0.1, 0.15) is 44.1 Å². The van der Waals surface area contributed by atoms with Crippen molar-refractivity contribution in [3.05, 3.63) is 30.1 Å². The normalized spacial score (nSPS) is 21.8. The summed E-state index contributed by atoms with van der Waals surface area (Å²) < 4.78 is 5.57. The van der Waals surface area contributed by atoms with E-state index in [2.05, 4.69) is 4.98 Å². The number of hydrogen-bond acceptors (Lipinski definition) is 4. The second kappa shape index (κ2) is 9.67. The fourth-order valence-electron chi connectivity index (χ4n) is 3.76. The van der Waals surface area contributed by atoms with E-state index >= 15 is 0 Å². The Balaban J connectivity index is 1.59. The summed E-state index contributed by atoms with van der Waals surface area (Å²) in [5.41, 5.74) is 0.901. The van der Waals surface area contributed by atoms with Crippen LogP contribution in [-0.2, 0) is 20.7 Å². The second-order valence-corrected chi connectivity index (χ2v) is 7.21. The highest BCUT2D eigenvalue weighted by molar-refractivity contribution is 5.81. The Morgan fingerprint density at radius 1 is 1.08 bits per heavy atom. The van der Waals surface area contributed by atoms with E-state index in [0.29, 0.717) is 32.6 Å². The average molecular weight is 359 g/mol. The monoisotopic (exact) mass is 359 g/mol. The predicted molar refractivity (Wildman–Crippen MR) is 98.5 cm³/mol. The molecule has 0 unspecified atom stereocenters. The summed E-state index contributed by atoms with van der Waals surface area (Å²) in [6.07, 6.45) is 9.94. The number of amides is 2. The Morgan fingerprint density at radius 3 is 2.58 bits per heavy atom. The van der Waals surface area contributed by atoms with E-state index in [9.17, 15) is 9.59 Å². The first kappa shape index (κ1) is 18.8. The molecule has 6 heteroatoms. The van der Waals surface area contributed by atoms with Gasteiger partial charge in [-0.1, -0.05) is 25.3 Å². The summed E-state index contributed by atoms with van der Waals surface area (Å²) in [5, 5.41) is 0. The van der Waals surface area contributed by atoms with E-state index in [1.165, 1.54) is 19.3 Å². The third kappa shape index (κ3) is 5.27. The molecule has 2 saturated heterocycles. The number of pyridine rings is 1. The van der Waals surface area contributed by atoms with Crippen LogP contribution in [0.5, 0.6) is 0 Å². The van der Waals surface area contributed by atoms with Gasteiger partial charge in [0.15, 0.2) is 0 Å². The fraction of sp³-hybridized carbons (Fsp3) is 0.650. The van der Waals surface area contributed by atoms with Crippen LogP contribution in [0.25, 0.3) is 0 Å². The quantitative estimate of drug-likeness (QED) is 0.825. The van der Waals surface area contributed by atoms with Crippen molar-refractivity contribution in [3.63, 3.8) is 0 Å². The molecular weight excluding hydrogens is 330 g/mol. The molecule has 1 atom stereocenters. The summed E-state index contributed by atoms with van der Waals surface area (Å²) >= 11 is 0. The minimum atomic E-state index is -0.161. The molecule has 0 bridgehead atoms. The molecule has 1 aromatic heterocycles. The molecule has 0 spiro atoms.